The first-order valence-corrected chi connectivity index (χ1v) is 21.7. The Balaban J connectivity index is 0.000000162. The summed E-state index contributed by atoms with van der Waals surface area (Å²) in [5, 5.41) is 4.10. The second-order valence-corrected chi connectivity index (χ2v) is 18.3. The largest absolute Gasteiger partial charge is 0.361 e. The minimum Gasteiger partial charge on any atom is -0.361 e. The average molecular weight is 786 g/mol. The molecule has 1 amide bonds. The maximum Gasteiger partial charge on any atom is 0.253 e. The number of piperazine rings is 1. The molecule has 0 spiro atoms. The van der Waals surface area contributed by atoms with Crippen LogP contribution in [0.1, 0.15) is 130 Å². The van der Waals surface area contributed by atoms with Gasteiger partial charge in [0.2, 0.25) is 5.91 Å². The second kappa shape index (κ2) is 15.6. The molecule has 2 aliphatic carbocycles. The van der Waals surface area contributed by atoms with E-state index in [0.29, 0.717) is 24.3 Å². The fourth-order valence-electron chi connectivity index (χ4n) is 9.91. The molecule has 0 radical (unpaired) electrons. The molecule has 4 fully saturated rings. The van der Waals surface area contributed by atoms with Gasteiger partial charge in [-0.2, -0.15) is 0 Å². The molecule has 2 aromatic carbocycles. The topological polar surface area (TPSA) is 92.6 Å². The number of carbonyl (C=O) groups excluding carboxylic acids is 1. The molecule has 3 aromatic heterocycles. The number of amides is 1. The lowest BCUT2D eigenvalue weighted by Gasteiger charge is -2.40. The Morgan fingerprint density at radius 2 is 1.55 bits per heavy atom. The van der Waals surface area contributed by atoms with Gasteiger partial charge in [0.25, 0.3) is 5.56 Å². The van der Waals surface area contributed by atoms with Crippen LogP contribution < -0.4 is 5.56 Å². The molecule has 5 aromatic rings. The number of hydrogen-bond donors (Lipinski definition) is 0. The van der Waals surface area contributed by atoms with Crippen LogP contribution in [-0.4, -0.2) is 79.2 Å². The number of aryl methyl sites for hydroxylation is 3. The fourth-order valence-corrected chi connectivity index (χ4v) is 9.91. The van der Waals surface area contributed by atoms with Crippen molar-refractivity contribution >= 4 is 16.9 Å². The number of nitrogens with zero attached hydrogens (tertiary/aromatic N) is 7. The van der Waals surface area contributed by atoms with E-state index < -0.39 is 0 Å². The lowest BCUT2D eigenvalue weighted by Crippen LogP contribution is -2.49. The number of carbonyl (C=O) groups is 1. The fraction of sp³-hybridized carbons (Fsp3) is 0.542. The van der Waals surface area contributed by atoms with Crippen molar-refractivity contribution in [3.05, 3.63) is 92.5 Å². The van der Waals surface area contributed by atoms with E-state index in [4.69, 9.17) is 9.51 Å². The highest BCUT2D eigenvalue weighted by molar-refractivity contribution is 5.84. The third kappa shape index (κ3) is 7.25. The maximum absolute atomic E-state index is 12.7. The summed E-state index contributed by atoms with van der Waals surface area (Å²) in [6.07, 6.45) is 9.40. The van der Waals surface area contributed by atoms with Gasteiger partial charge in [-0.3, -0.25) is 14.5 Å². The summed E-state index contributed by atoms with van der Waals surface area (Å²) in [5.41, 5.74) is 12.8. The predicted molar refractivity (Wildman–Crippen MR) is 232 cm³/mol. The summed E-state index contributed by atoms with van der Waals surface area (Å²) in [7, 11) is 4.07. The first kappa shape index (κ1) is 40.2. The molecule has 1 atom stereocenters. The normalized spacial score (nSPS) is 20.0. The van der Waals surface area contributed by atoms with Crippen LogP contribution in [0.2, 0.25) is 0 Å². The molecule has 4 aliphatic rings. The lowest BCUT2D eigenvalue weighted by molar-refractivity contribution is -0.137. The number of rotatable bonds is 8. The van der Waals surface area contributed by atoms with Crippen molar-refractivity contribution in [1.82, 2.24) is 34.0 Å². The van der Waals surface area contributed by atoms with E-state index in [0.717, 1.165) is 102 Å². The summed E-state index contributed by atoms with van der Waals surface area (Å²) in [6, 6.07) is 14.2. The number of piperidine rings is 1. The van der Waals surface area contributed by atoms with E-state index in [1.807, 2.05) is 34.0 Å². The van der Waals surface area contributed by atoms with Crippen LogP contribution in [0.3, 0.4) is 0 Å². The molecule has 10 heteroatoms. The van der Waals surface area contributed by atoms with Gasteiger partial charge in [0.15, 0.2) is 0 Å². The molecule has 10 nitrogen and oxygen atoms in total. The minimum absolute atomic E-state index is 0.0843. The SMILES string of the molecule is Cc1c(-c2ccc(C3(N4CCN(C)CC4)CC3)c(C(C)C)c2)cn(C)c(=O)c1C.Cc1noc(C)c1-c1ccc2c(c1)nc(C1CCCC(=O)N1C1CC1)n2C(C)C. The van der Waals surface area contributed by atoms with Crippen LogP contribution >= 0.6 is 0 Å². The monoisotopic (exact) mass is 785 g/mol. The Bertz CT molecular complexity index is 2380. The molecular weight excluding hydrogens is 723 g/mol. The zero-order chi connectivity index (χ0) is 41.2. The van der Waals surface area contributed by atoms with Crippen LogP contribution in [0.4, 0.5) is 0 Å². The summed E-state index contributed by atoms with van der Waals surface area (Å²) < 4.78 is 9.40. The van der Waals surface area contributed by atoms with Crippen molar-refractivity contribution < 1.29 is 9.32 Å². The van der Waals surface area contributed by atoms with Crippen molar-refractivity contribution in [2.45, 2.75) is 130 Å². The van der Waals surface area contributed by atoms with E-state index >= 15 is 0 Å². The summed E-state index contributed by atoms with van der Waals surface area (Å²) in [4.78, 5) is 37.4. The summed E-state index contributed by atoms with van der Waals surface area (Å²) in [5.74, 6) is 2.63. The molecule has 58 heavy (non-hydrogen) atoms. The zero-order valence-corrected chi connectivity index (χ0v) is 36.5. The third-order valence-corrected chi connectivity index (χ3v) is 13.5. The summed E-state index contributed by atoms with van der Waals surface area (Å²) >= 11 is 0. The van der Waals surface area contributed by atoms with Gasteiger partial charge in [-0.1, -0.05) is 43.3 Å². The van der Waals surface area contributed by atoms with Crippen LogP contribution in [-0.2, 0) is 17.4 Å². The predicted octanol–water partition coefficient (Wildman–Crippen LogP) is 9.13. The Hall–Kier alpha value is -4.54. The number of hydrogen-bond acceptors (Lipinski definition) is 7. The highest BCUT2D eigenvalue weighted by Crippen LogP contribution is 2.53. The van der Waals surface area contributed by atoms with Crippen LogP contribution in [0.15, 0.2) is 51.9 Å². The lowest BCUT2D eigenvalue weighted by atomic mass is 9.86. The molecule has 1 unspecified atom stereocenters. The van der Waals surface area contributed by atoms with E-state index in [9.17, 15) is 9.59 Å². The first-order chi connectivity index (χ1) is 27.7. The molecular formula is C48H63N7O3. The maximum atomic E-state index is 12.7. The molecule has 0 bridgehead atoms. The third-order valence-electron chi connectivity index (χ3n) is 13.5. The number of likely N-dealkylation sites (tertiary alicyclic amines) is 1. The second-order valence-electron chi connectivity index (χ2n) is 18.3. The van der Waals surface area contributed by atoms with E-state index in [1.54, 1.807) is 4.57 Å². The van der Waals surface area contributed by atoms with Crippen molar-refractivity contribution in [1.29, 1.82) is 0 Å². The number of aromatic nitrogens is 4. The van der Waals surface area contributed by atoms with Gasteiger partial charge >= 0.3 is 0 Å². The molecule has 2 saturated heterocycles. The van der Waals surface area contributed by atoms with Gasteiger partial charge in [-0.05, 0) is 133 Å². The Morgan fingerprint density at radius 3 is 2.17 bits per heavy atom. The average Bonchev–Trinajstić information content (AvgIpc) is 4.14. The van der Waals surface area contributed by atoms with E-state index in [-0.39, 0.29) is 23.2 Å². The van der Waals surface area contributed by atoms with Crippen molar-refractivity contribution in [3.8, 4) is 22.3 Å². The molecule has 2 aliphatic heterocycles. The highest BCUT2D eigenvalue weighted by Gasteiger charge is 2.51. The van der Waals surface area contributed by atoms with Crippen LogP contribution in [0.5, 0.6) is 0 Å². The number of imidazole rings is 1. The van der Waals surface area contributed by atoms with Crippen molar-refractivity contribution in [2.75, 3.05) is 33.2 Å². The van der Waals surface area contributed by atoms with Crippen LogP contribution in [0.25, 0.3) is 33.3 Å². The van der Waals surface area contributed by atoms with Crippen molar-refractivity contribution in [2.24, 2.45) is 7.05 Å². The van der Waals surface area contributed by atoms with Gasteiger partial charge in [0.1, 0.15) is 11.6 Å². The Kier molecular flexibility index (Phi) is 10.8. The van der Waals surface area contributed by atoms with Gasteiger partial charge in [-0.15, -0.1) is 0 Å². The Labute approximate surface area is 344 Å². The van der Waals surface area contributed by atoms with Gasteiger partial charge in [-0.25, -0.2) is 4.98 Å². The first-order valence-electron chi connectivity index (χ1n) is 21.7. The quantitative estimate of drug-likeness (QED) is 0.155. The number of fused-ring (bicyclic) bond motifs is 1. The van der Waals surface area contributed by atoms with Gasteiger partial charge < -0.3 is 23.5 Å². The molecule has 308 valence electrons. The Morgan fingerprint density at radius 1 is 0.845 bits per heavy atom. The molecule has 5 heterocycles. The number of benzene rings is 2. The summed E-state index contributed by atoms with van der Waals surface area (Å²) in [6.45, 7) is 21.6. The van der Waals surface area contributed by atoms with E-state index in [1.165, 1.54) is 35.1 Å². The molecule has 2 saturated carbocycles. The standard InChI is InChI=1S/C25H35N3O.C23H28N4O2/c1-17(2)21-15-20(22-16-27(6)24(29)19(4)18(22)3)7-8-23(21)25(9-10-25)28-13-11-26(5)12-14-28;1-13(2)26-19-11-8-16(22-14(3)25-29-15(22)4)12-18(19)24-23(26)20-6-5-7-21(28)27(20)17-9-10-17/h7-8,15-17H,9-14H2,1-6H3;8,11-13,17,20H,5-7,9-10H2,1-4H3. The van der Waals surface area contributed by atoms with Crippen molar-refractivity contribution in [3.63, 3.8) is 0 Å². The van der Waals surface area contributed by atoms with E-state index in [2.05, 4.69) is 102 Å². The minimum atomic E-state index is 0.0843. The number of likely N-dealkylation sites (N-methyl/N-ethyl adjacent to an activating group) is 1. The molecule has 9 rings (SSSR count). The zero-order valence-electron chi connectivity index (χ0n) is 36.5. The smallest absolute Gasteiger partial charge is 0.253 e. The van der Waals surface area contributed by atoms with Crippen LogP contribution in [0, 0.1) is 27.7 Å². The highest BCUT2D eigenvalue weighted by atomic mass is 16.5. The van der Waals surface area contributed by atoms with Gasteiger partial charge in [0, 0.05) is 80.2 Å². The molecule has 0 N–H and O–H groups in total. The number of pyridine rings is 1. The van der Waals surface area contributed by atoms with Gasteiger partial charge in [0.05, 0.1) is 22.8 Å².